The van der Waals surface area contributed by atoms with Gasteiger partial charge in [-0.25, -0.2) is 0 Å². The van der Waals surface area contributed by atoms with Crippen molar-refractivity contribution in [2.45, 2.75) is 51.9 Å². The summed E-state index contributed by atoms with van der Waals surface area (Å²) >= 11 is 0. The van der Waals surface area contributed by atoms with E-state index in [1.54, 1.807) is 0 Å². The average molecular weight is 177 g/mol. The molecule has 2 aliphatic carbocycles. The molecule has 0 heterocycles. The minimum atomic E-state index is 0.848. The Labute approximate surface area is 82.4 Å². The van der Waals surface area contributed by atoms with Gasteiger partial charge in [0.05, 0.1) is 0 Å². The maximum Gasteiger partial charge on any atom is -0.0154 e. The third-order valence-electron chi connectivity index (χ3n) is 3.72. The molecule has 3 atom stereocenters. The fourth-order valence-electron chi connectivity index (χ4n) is 2.92. The van der Waals surface area contributed by atoms with Gasteiger partial charge in [0.15, 0.2) is 0 Å². The number of hydrogen-bond acceptors (Lipinski definition) is 0. The molecular formula is C13H21. The van der Waals surface area contributed by atoms with E-state index in [1.807, 2.05) is 0 Å². The molecule has 0 saturated heterocycles. The van der Waals surface area contributed by atoms with E-state index in [0.717, 1.165) is 17.8 Å². The van der Waals surface area contributed by atoms with Gasteiger partial charge in [-0.05, 0) is 43.1 Å². The highest BCUT2D eigenvalue weighted by Gasteiger charge is 2.35. The molecule has 1 fully saturated rings. The van der Waals surface area contributed by atoms with Crippen LogP contribution in [-0.2, 0) is 0 Å². The van der Waals surface area contributed by atoms with Crippen molar-refractivity contribution in [3.8, 4) is 0 Å². The molecule has 0 aromatic carbocycles. The van der Waals surface area contributed by atoms with E-state index in [4.69, 9.17) is 0 Å². The lowest BCUT2D eigenvalue weighted by atomic mass is 9.88. The van der Waals surface area contributed by atoms with Crippen LogP contribution in [0.5, 0.6) is 0 Å². The van der Waals surface area contributed by atoms with Crippen LogP contribution in [0, 0.1) is 23.8 Å². The van der Waals surface area contributed by atoms with Crippen molar-refractivity contribution < 1.29 is 0 Å². The molecule has 0 spiro atoms. The number of rotatable bonds is 5. The zero-order chi connectivity index (χ0) is 9.10. The Morgan fingerprint density at radius 2 is 2.15 bits per heavy atom. The van der Waals surface area contributed by atoms with Crippen molar-refractivity contribution in [2.75, 3.05) is 0 Å². The third kappa shape index (κ3) is 2.15. The lowest BCUT2D eigenvalue weighted by Gasteiger charge is -2.17. The van der Waals surface area contributed by atoms with Gasteiger partial charge in [0.25, 0.3) is 0 Å². The van der Waals surface area contributed by atoms with Gasteiger partial charge in [0, 0.05) is 0 Å². The molecule has 1 radical (unpaired) electrons. The van der Waals surface area contributed by atoms with E-state index in [-0.39, 0.29) is 0 Å². The smallest absolute Gasteiger partial charge is 0.0154 e. The van der Waals surface area contributed by atoms with Crippen LogP contribution in [0.2, 0.25) is 0 Å². The topological polar surface area (TPSA) is 0 Å². The van der Waals surface area contributed by atoms with Gasteiger partial charge in [-0.1, -0.05) is 38.7 Å². The zero-order valence-electron chi connectivity index (χ0n) is 8.76. The molecule has 0 heteroatoms. The maximum absolute atomic E-state index is 3.46. The first-order valence-electron chi connectivity index (χ1n) is 5.99. The van der Waals surface area contributed by atoms with Gasteiger partial charge in [0.1, 0.15) is 0 Å². The molecule has 3 unspecified atom stereocenters. The van der Waals surface area contributed by atoms with Gasteiger partial charge >= 0.3 is 0 Å². The summed E-state index contributed by atoms with van der Waals surface area (Å²) in [6.45, 7) is 2.29. The van der Waals surface area contributed by atoms with Gasteiger partial charge in [-0.2, -0.15) is 0 Å². The number of fused-ring (bicyclic) bond motifs is 2. The van der Waals surface area contributed by atoms with Gasteiger partial charge in [0.2, 0.25) is 0 Å². The molecule has 2 rings (SSSR count). The van der Waals surface area contributed by atoms with Gasteiger partial charge in [-0.3, -0.25) is 0 Å². The second-order valence-electron chi connectivity index (χ2n) is 4.77. The summed E-state index contributed by atoms with van der Waals surface area (Å²) in [7, 11) is 0. The first-order valence-corrected chi connectivity index (χ1v) is 5.99. The molecule has 2 bridgehead atoms. The quantitative estimate of drug-likeness (QED) is 0.557. The van der Waals surface area contributed by atoms with Crippen molar-refractivity contribution in [3.05, 3.63) is 12.2 Å². The summed E-state index contributed by atoms with van der Waals surface area (Å²) in [6, 6.07) is 0. The lowest BCUT2D eigenvalue weighted by molar-refractivity contribution is 0.393. The van der Waals surface area contributed by atoms with Crippen molar-refractivity contribution in [1.82, 2.24) is 0 Å². The summed E-state index contributed by atoms with van der Waals surface area (Å²) in [5.74, 6) is 2.80. The van der Waals surface area contributed by atoms with Crippen molar-refractivity contribution >= 4 is 0 Å². The van der Waals surface area contributed by atoms with Crippen LogP contribution >= 0.6 is 0 Å². The molecule has 2 aliphatic rings. The molecule has 0 aromatic heterocycles. The predicted octanol–water partition coefficient (Wildman–Crippen LogP) is 3.97. The minimum absolute atomic E-state index is 0.848. The fraction of sp³-hybridized carbons (Fsp3) is 0.846. The van der Waals surface area contributed by atoms with Crippen molar-refractivity contribution in [2.24, 2.45) is 17.8 Å². The molecule has 13 heavy (non-hydrogen) atoms. The van der Waals surface area contributed by atoms with Crippen LogP contribution < -0.4 is 0 Å². The highest BCUT2D eigenvalue weighted by Crippen LogP contribution is 2.44. The van der Waals surface area contributed by atoms with Crippen molar-refractivity contribution in [1.29, 1.82) is 0 Å². The third-order valence-corrected chi connectivity index (χ3v) is 3.72. The zero-order valence-corrected chi connectivity index (χ0v) is 8.76. The highest BCUT2D eigenvalue weighted by atomic mass is 14.4. The number of unbranched alkanes of at least 4 members (excludes halogenated alkanes) is 3. The molecular weight excluding hydrogens is 156 g/mol. The fourth-order valence-corrected chi connectivity index (χ4v) is 2.92. The normalized spacial score (nSPS) is 35.9. The molecule has 0 N–H and O–H groups in total. The Bertz CT molecular complexity index is 180. The summed E-state index contributed by atoms with van der Waals surface area (Å²) in [5, 5.41) is 0. The summed E-state index contributed by atoms with van der Waals surface area (Å²) < 4.78 is 0. The Morgan fingerprint density at radius 3 is 2.77 bits per heavy atom. The molecule has 0 aliphatic heterocycles. The van der Waals surface area contributed by atoms with Crippen LogP contribution in [0.3, 0.4) is 0 Å². The van der Waals surface area contributed by atoms with Crippen LogP contribution in [0.1, 0.15) is 51.9 Å². The highest BCUT2D eigenvalue weighted by molar-refractivity contribution is 5.05. The minimum Gasteiger partial charge on any atom is -0.0773 e. The Kier molecular flexibility index (Phi) is 3.08. The Morgan fingerprint density at radius 1 is 1.23 bits per heavy atom. The molecule has 0 aromatic rings. The van der Waals surface area contributed by atoms with E-state index in [0.29, 0.717) is 0 Å². The van der Waals surface area contributed by atoms with E-state index < -0.39 is 0 Å². The van der Waals surface area contributed by atoms with Gasteiger partial charge < -0.3 is 0 Å². The second kappa shape index (κ2) is 4.30. The Hall–Kier alpha value is -0.260. The largest absolute Gasteiger partial charge is 0.0773 e. The lowest BCUT2D eigenvalue weighted by Crippen LogP contribution is -2.06. The number of hydrogen-bond donors (Lipinski definition) is 0. The monoisotopic (exact) mass is 177 g/mol. The number of allylic oxidation sites excluding steroid dienone is 2. The Balaban J connectivity index is 1.64. The standard InChI is InChI=1S/C13H21/c1-2-3-4-5-6-12-9-11-7-8-13(12)10-11/h8,11-13H,2-6,9-10H2,1H3. The molecule has 73 valence electrons. The predicted molar refractivity (Wildman–Crippen MR) is 56.3 cm³/mol. The van der Waals surface area contributed by atoms with E-state index in [9.17, 15) is 0 Å². The van der Waals surface area contributed by atoms with E-state index in [2.05, 4.69) is 19.1 Å². The average Bonchev–Trinajstić information content (AvgIpc) is 2.73. The van der Waals surface area contributed by atoms with E-state index >= 15 is 0 Å². The first kappa shape index (κ1) is 9.30. The summed E-state index contributed by atoms with van der Waals surface area (Å²) in [5.41, 5.74) is 0. The van der Waals surface area contributed by atoms with Crippen LogP contribution in [0.25, 0.3) is 0 Å². The SMILES string of the molecule is CCCCCCC1CC2[C]=CC1C2. The van der Waals surface area contributed by atoms with Crippen molar-refractivity contribution in [3.63, 3.8) is 0 Å². The summed E-state index contributed by atoms with van der Waals surface area (Å²) in [4.78, 5) is 0. The van der Waals surface area contributed by atoms with Crippen LogP contribution in [-0.4, -0.2) is 0 Å². The molecule has 1 saturated carbocycles. The maximum atomic E-state index is 3.46. The molecule has 0 nitrogen and oxygen atoms in total. The first-order chi connectivity index (χ1) is 6.40. The van der Waals surface area contributed by atoms with E-state index in [1.165, 1.54) is 44.9 Å². The molecule has 0 amide bonds. The van der Waals surface area contributed by atoms with Crippen LogP contribution in [0.15, 0.2) is 6.08 Å². The summed E-state index contributed by atoms with van der Waals surface area (Å²) in [6.07, 6.45) is 15.9. The van der Waals surface area contributed by atoms with Crippen LogP contribution in [0.4, 0.5) is 0 Å². The van der Waals surface area contributed by atoms with Gasteiger partial charge in [-0.15, -0.1) is 0 Å². The second-order valence-corrected chi connectivity index (χ2v) is 4.77.